The number of nitrogens with zero attached hydrogens (tertiary/aromatic N) is 4. The molecule has 5 nitrogen and oxygen atoms in total. The predicted octanol–water partition coefficient (Wildman–Crippen LogP) is 5.77. The number of alkyl halides is 2. The number of Topliss-reactive ketones (excluding diaryl/α,β-unsaturated/α-hetero) is 1. The maximum Gasteiger partial charge on any atom is 0.270 e. The zero-order valence-electron chi connectivity index (χ0n) is 19.7. The lowest BCUT2D eigenvalue weighted by Gasteiger charge is -2.15. The first-order valence-electron chi connectivity index (χ1n) is 11.4. The van der Waals surface area contributed by atoms with Gasteiger partial charge in [0.2, 0.25) is 0 Å². The number of aryl methyl sites for hydroxylation is 1. The van der Waals surface area contributed by atoms with Crippen LogP contribution in [0.3, 0.4) is 0 Å². The number of rotatable bonds is 5. The molecule has 3 aromatic heterocycles. The van der Waals surface area contributed by atoms with E-state index in [1.807, 2.05) is 41.8 Å². The van der Waals surface area contributed by atoms with Gasteiger partial charge in [-0.1, -0.05) is 24.1 Å². The fourth-order valence-corrected chi connectivity index (χ4v) is 3.96. The minimum Gasteiger partial charge on any atom is -0.306 e. The van der Waals surface area contributed by atoms with E-state index in [2.05, 4.69) is 21.8 Å². The molecule has 0 N–H and O–H groups in total. The highest BCUT2D eigenvalue weighted by Gasteiger charge is 2.26. The lowest BCUT2D eigenvalue weighted by Crippen LogP contribution is -2.11. The standard InChI is InChI=1S/C29H22F2N4O/c1-20-18-34(19-33-20)26-14-22(13-24(16-26)29(2,30)31)15-27(36)23-7-5-6-21(12-23)9-10-25-17-32-28-8-3-4-11-35(25)28/h3-8,11-14,16-19H,15H2,1-2H3. The van der Waals surface area contributed by atoms with Crippen molar-refractivity contribution in [3.63, 3.8) is 0 Å². The molecule has 0 saturated heterocycles. The third kappa shape index (κ3) is 4.93. The zero-order valence-corrected chi connectivity index (χ0v) is 19.7. The number of ketones is 1. The number of imidazole rings is 2. The molecule has 0 bridgehead atoms. The molecule has 0 spiro atoms. The molecule has 0 fully saturated rings. The van der Waals surface area contributed by atoms with Crippen LogP contribution >= 0.6 is 0 Å². The van der Waals surface area contributed by atoms with Crippen LogP contribution in [-0.4, -0.2) is 24.7 Å². The topological polar surface area (TPSA) is 52.2 Å². The van der Waals surface area contributed by atoms with Crippen molar-refractivity contribution in [2.24, 2.45) is 0 Å². The molecule has 0 saturated carbocycles. The van der Waals surface area contributed by atoms with E-state index in [1.54, 1.807) is 47.6 Å². The summed E-state index contributed by atoms with van der Waals surface area (Å²) in [6.07, 6.45) is 6.89. The molecule has 0 aliphatic carbocycles. The van der Waals surface area contributed by atoms with E-state index in [9.17, 15) is 13.6 Å². The van der Waals surface area contributed by atoms with Crippen LogP contribution in [0.1, 0.15) is 45.4 Å². The molecule has 0 aliphatic heterocycles. The second-order valence-electron chi connectivity index (χ2n) is 8.70. The molecule has 0 radical (unpaired) electrons. The van der Waals surface area contributed by atoms with Crippen molar-refractivity contribution >= 4 is 11.4 Å². The first-order chi connectivity index (χ1) is 17.3. The molecule has 3 heterocycles. The van der Waals surface area contributed by atoms with Crippen LogP contribution in [0.25, 0.3) is 11.3 Å². The molecule has 5 aromatic rings. The van der Waals surface area contributed by atoms with Gasteiger partial charge in [0.05, 0.1) is 18.2 Å². The van der Waals surface area contributed by atoms with Gasteiger partial charge in [0.15, 0.2) is 5.78 Å². The summed E-state index contributed by atoms with van der Waals surface area (Å²) in [6.45, 7) is 2.67. The van der Waals surface area contributed by atoms with Crippen molar-refractivity contribution in [3.8, 4) is 17.5 Å². The van der Waals surface area contributed by atoms with E-state index >= 15 is 0 Å². The molecule has 5 rings (SSSR count). The van der Waals surface area contributed by atoms with Gasteiger partial charge in [0, 0.05) is 48.1 Å². The van der Waals surface area contributed by atoms with E-state index in [4.69, 9.17) is 0 Å². The van der Waals surface area contributed by atoms with Crippen molar-refractivity contribution < 1.29 is 13.6 Å². The number of pyridine rings is 1. The van der Waals surface area contributed by atoms with Gasteiger partial charge in [-0.05, 0) is 60.9 Å². The van der Waals surface area contributed by atoms with Crippen LogP contribution in [0.2, 0.25) is 0 Å². The smallest absolute Gasteiger partial charge is 0.270 e. The van der Waals surface area contributed by atoms with Crippen molar-refractivity contribution in [1.82, 2.24) is 18.9 Å². The van der Waals surface area contributed by atoms with Gasteiger partial charge in [0.25, 0.3) is 5.92 Å². The Kier molecular flexibility index (Phi) is 5.95. The van der Waals surface area contributed by atoms with Crippen molar-refractivity contribution in [3.05, 3.63) is 119 Å². The first-order valence-corrected chi connectivity index (χ1v) is 11.4. The van der Waals surface area contributed by atoms with Crippen molar-refractivity contribution in [1.29, 1.82) is 0 Å². The number of carbonyl (C=O) groups excluding carboxylic acids is 1. The largest absolute Gasteiger partial charge is 0.306 e. The van der Waals surface area contributed by atoms with E-state index in [1.165, 1.54) is 12.1 Å². The number of benzene rings is 2. The Balaban J connectivity index is 1.42. The summed E-state index contributed by atoms with van der Waals surface area (Å²) in [5, 5.41) is 0. The fourth-order valence-electron chi connectivity index (χ4n) is 3.96. The molecule has 0 atom stereocenters. The highest BCUT2D eigenvalue weighted by molar-refractivity contribution is 5.97. The second-order valence-corrected chi connectivity index (χ2v) is 8.70. The van der Waals surface area contributed by atoms with E-state index in [0.29, 0.717) is 22.4 Å². The Morgan fingerprint density at radius 2 is 1.89 bits per heavy atom. The fraction of sp³-hybridized carbons (Fsp3) is 0.138. The molecular weight excluding hydrogens is 458 g/mol. The van der Waals surface area contributed by atoms with Crippen LogP contribution in [0.4, 0.5) is 8.78 Å². The minimum atomic E-state index is -3.04. The lowest BCUT2D eigenvalue weighted by molar-refractivity contribution is 0.0173. The number of carbonyl (C=O) groups is 1. The van der Waals surface area contributed by atoms with Gasteiger partial charge < -0.3 is 4.57 Å². The van der Waals surface area contributed by atoms with Crippen LogP contribution in [-0.2, 0) is 12.3 Å². The van der Waals surface area contributed by atoms with Gasteiger partial charge in [-0.15, -0.1) is 0 Å². The molecular formula is C29H22F2N4O. The maximum atomic E-state index is 14.2. The average Bonchev–Trinajstić information content (AvgIpc) is 3.48. The van der Waals surface area contributed by atoms with Gasteiger partial charge in [-0.2, -0.15) is 0 Å². The SMILES string of the molecule is Cc1cn(-c2cc(CC(=O)c3cccc(C#Cc4cnc5ccccn45)c3)cc(C(C)(F)F)c2)cn1. The van der Waals surface area contributed by atoms with Gasteiger partial charge in [-0.25, -0.2) is 18.7 Å². The molecule has 2 aromatic carbocycles. The summed E-state index contributed by atoms with van der Waals surface area (Å²) in [5.74, 6) is 2.96. The van der Waals surface area contributed by atoms with Gasteiger partial charge >= 0.3 is 0 Å². The lowest BCUT2D eigenvalue weighted by atomic mass is 9.98. The van der Waals surface area contributed by atoms with Crippen LogP contribution < -0.4 is 0 Å². The number of hydrogen-bond donors (Lipinski definition) is 0. The number of hydrogen-bond acceptors (Lipinski definition) is 3. The Labute approximate surface area is 207 Å². The van der Waals surface area contributed by atoms with Crippen LogP contribution in [0.5, 0.6) is 0 Å². The third-order valence-electron chi connectivity index (χ3n) is 5.80. The van der Waals surface area contributed by atoms with E-state index < -0.39 is 5.92 Å². The predicted molar refractivity (Wildman–Crippen MR) is 134 cm³/mol. The number of aromatic nitrogens is 4. The van der Waals surface area contributed by atoms with Crippen molar-refractivity contribution in [2.45, 2.75) is 26.2 Å². The van der Waals surface area contributed by atoms with Crippen molar-refractivity contribution in [2.75, 3.05) is 0 Å². The minimum absolute atomic E-state index is 0.0191. The molecule has 0 unspecified atom stereocenters. The summed E-state index contributed by atoms with van der Waals surface area (Å²) >= 11 is 0. The van der Waals surface area contributed by atoms with E-state index in [0.717, 1.165) is 24.0 Å². The molecule has 36 heavy (non-hydrogen) atoms. The Morgan fingerprint density at radius 1 is 1.03 bits per heavy atom. The first kappa shape index (κ1) is 23.2. The van der Waals surface area contributed by atoms with Gasteiger partial charge in [0.1, 0.15) is 11.3 Å². The highest BCUT2D eigenvalue weighted by Crippen LogP contribution is 2.30. The summed E-state index contributed by atoms with van der Waals surface area (Å²) in [7, 11) is 0. The summed E-state index contributed by atoms with van der Waals surface area (Å²) in [4.78, 5) is 21.6. The Morgan fingerprint density at radius 3 is 2.67 bits per heavy atom. The molecule has 7 heteroatoms. The van der Waals surface area contributed by atoms with E-state index in [-0.39, 0.29) is 17.8 Å². The Bertz CT molecular complexity index is 1650. The Hall–Kier alpha value is -4.57. The molecule has 0 amide bonds. The average molecular weight is 481 g/mol. The summed E-state index contributed by atoms with van der Waals surface area (Å²) < 4.78 is 32.0. The number of halogens is 2. The quantitative estimate of drug-likeness (QED) is 0.237. The van der Waals surface area contributed by atoms with Crippen LogP contribution in [0, 0.1) is 18.8 Å². The summed E-state index contributed by atoms with van der Waals surface area (Å²) in [6, 6.07) is 17.3. The molecule has 178 valence electrons. The monoisotopic (exact) mass is 480 g/mol. The third-order valence-corrected chi connectivity index (χ3v) is 5.80. The maximum absolute atomic E-state index is 14.2. The normalized spacial score (nSPS) is 11.3. The highest BCUT2D eigenvalue weighted by atomic mass is 19.3. The summed E-state index contributed by atoms with van der Waals surface area (Å²) in [5.41, 5.74) is 4.33. The van der Waals surface area contributed by atoms with Crippen LogP contribution in [0.15, 0.2) is 85.6 Å². The second kappa shape index (κ2) is 9.23. The molecule has 0 aliphatic rings. The number of fused-ring (bicyclic) bond motifs is 1. The zero-order chi connectivity index (χ0) is 25.3. The van der Waals surface area contributed by atoms with Gasteiger partial charge in [-0.3, -0.25) is 9.20 Å².